The third-order valence-corrected chi connectivity index (χ3v) is 4.10. The zero-order valence-electron chi connectivity index (χ0n) is 6.96. The van der Waals surface area contributed by atoms with Crippen molar-refractivity contribution in [1.82, 2.24) is 5.32 Å². The predicted octanol–water partition coefficient (Wildman–Crippen LogP) is 2.60. The second-order valence-electron chi connectivity index (χ2n) is 2.83. The summed E-state index contributed by atoms with van der Waals surface area (Å²) in [4.78, 5) is 13.1. The molecule has 2 rings (SSSR count). The number of aryl methyl sites for hydroxylation is 1. The molecule has 13 heavy (non-hydrogen) atoms. The van der Waals surface area contributed by atoms with E-state index < -0.39 is 0 Å². The molecule has 70 valence electrons. The van der Waals surface area contributed by atoms with Crippen LogP contribution in [0.15, 0.2) is 10.5 Å². The van der Waals surface area contributed by atoms with E-state index in [-0.39, 0.29) is 12.2 Å². The molecule has 1 amide bonds. The Hall–Kier alpha value is -0.550. The first-order valence-electron chi connectivity index (χ1n) is 3.87. The van der Waals surface area contributed by atoms with Crippen molar-refractivity contribution in [2.75, 3.05) is 6.54 Å². The van der Waals surface area contributed by atoms with Gasteiger partial charge < -0.3 is 10.1 Å². The Morgan fingerprint density at radius 1 is 1.77 bits per heavy atom. The number of amides is 1. The third kappa shape index (κ3) is 1.71. The Balaban J connectivity index is 2.21. The van der Waals surface area contributed by atoms with E-state index in [1.807, 2.05) is 13.0 Å². The van der Waals surface area contributed by atoms with Gasteiger partial charge in [0.25, 0.3) is 0 Å². The lowest BCUT2D eigenvalue weighted by Gasteiger charge is -2.02. The smallest absolute Gasteiger partial charge is 0.407 e. The van der Waals surface area contributed by atoms with Gasteiger partial charge in [0.05, 0.1) is 6.54 Å². The Bertz CT molecular complexity index is 330. The standard InChI is InChI=1S/C8H8BrNO2S/c1-4-5(9)2-7(13-4)6-3-10-8(11)12-6/h2,6H,3H2,1H3,(H,10,11). The normalized spacial score (nSPS) is 21.4. The number of hydrogen-bond acceptors (Lipinski definition) is 3. The minimum Gasteiger partial charge on any atom is -0.439 e. The Morgan fingerprint density at radius 2 is 2.54 bits per heavy atom. The van der Waals surface area contributed by atoms with E-state index in [4.69, 9.17) is 4.74 Å². The number of nitrogens with one attached hydrogen (secondary N) is 1. The van der Waals surface area contributed by atoms with Crippen LogP contribution < -0.4 is 5.32 Å². The number of alkyl carbamates (subject to hydrolysis) is 1. The molecule has 1 aromatic rings. The minimum absolute atomic E-state index is 0.109. The molecule has 1 saturated heterocycles. The first-order valence-corrected chi connectivity index (χ1v) is 5.48. The van der Waals surface area contributed by atoms with Crippen LogP contribution in [0.25, 0.3) is 0 Å². The molecule has 2 heterocycles. The molecular formula is C8H8BrNO2S. The topological polar surface area (TPSA) is 38.3 Å². The second kappa shape index (κ2) is 3.31. The van der Waals surface area contributed by atoms with Crippen LogP contribution in [0.1, 0.15) is 15.9 Å². The molecule has 1 aromatic heterocycles. The molecule has 1 fully saturated rings. The van der Waals surface area contributed by atoms with Crippen molar-refractivity contribution >= 4 is 33.4 Å². The molecule has 1 aliphatic rings. The lowest BCUT2D eigenvalue weighted by molar-refractivity contribution is 0.142. The number of halogens is 1. The van der Waals surface area contributed by atoms with Crippen LogP contribution in [-0.2, 0) is 4.74 Å². The summed E-state index contributed by atoms with van der Waals surface area (Å²) >= 11 is 5.08. The number of ether oxygens (including phenoxy) is 1. The first-order chi connectivity index (χ1) is 6.16. The minimum atomic E-state index is -0.327. The van der Waals surface area contributed by atoms with Gasteiger partial charge in [-0.05, 0) is 28.9 Å². The van der Waals surface area contributed by atoms with Crippen molar-refractivity contribution in [3.05, 3.63) is 20.3 Å². The predicted molar refractivity (Wildman–Crippen MR) is 54.0 cm³/mol. The monoisotopic (exact) mass is 261 g/mol. The first kappa shape index (κ1) is 9.02. The summed E-state index contributed by atoms with van der Waals surface area (Å²) in [5.74, 6) is 0. The summed E-state index contributed by atoms with van der Waals surface area (Å²) in [7, 11) is 0. The maximum absolute atomic E-state index is 10.8. The number of carbonyl (C=O) groups is 1. The SMILES string of the molecule is Cc1sc(C2CNC(=O)O2)cc1Br. The van der Waals surface area contributed by atoms with Crippen LogP contribution in [0.3, 0.4) is 0 Å². The molecule has 0 bridgehead atoms. The average Bonchev–Trinajstić information content (AvgIpc) is 2.61. The average molecular weight is 262 g/mol. The van der Waals surface area contributed by atoms with Crippen LogP contribution >= 0.6 is 27.3 Å². The fourth-order valence-corrected chi connectivity index (χ4v) is 2.78. The van der Waals surface area contributed by atoms with Gasteiger partial charge in [-0.25, -0.2) is 4.79 Å². The van der Waals surface area contributed by atoms with Gasteiger partial charge >= 0.3 is 6.09 Å². The maximum Gasteiger partial charge on any atom is 0.407 e. The Labute approximate surface area is 88.2 Å². The van der Waals surface area contributed by atoms with Crippen molar-refractivity contribution in [3.63, 3.8) is 0 Å². The molecule has 0 radical (unpaired) electrons. The Morgan fingerprint density at radius 3 is 3.00 bits per heavy atom. The highest BCUT2D eigenvalue weighted by molar-refractivity contribution is 9.10. The lowest BCUT2D eigenvalue weighted by Crippen LogP contribution is -2.12. The zero-order valence-corrected chi connectivity index (χ0v) is 9.37. The van der Waals surface area contributed by atoms with Crippen LogP contribution in [0.5, 0.6) is 0 Å². The molecule has 0 spiro atoms. The van der Waals surface area contributed by atoms with Gasteiger partial charge in [0.1, 0.15) is 0 Å². The molecule has 1 unspecified atom stereocenters. The van der Waals surface area contributed by atoms with Gasteiger partial charge in [0, 0.05) is 14.2 Å². The number of rotatable bonds is 1. The molecule has 1 N–H and O–H groups in total. The maximum atomic E-state index is 10.8. The van der Waals surface area contributed by atoms with Crippen LogP contribution in [0, 0.1) is 6.92 Å². The number of carbonyl (C=O) groups excluding carboxylic acids is 1. The fraction of sp³-hybridized carbons (Fsp3) is 0.375. The van der Waals surface area contributed by atoms with Crippen LogP contribution in [0.2, 0.25) is 0 Å². The van der Waals surface area contributed by atoms with Crippen molar-refractivity contribution in [2.24, 2.45) is 0 Å². The van der Waals surface area contributed by atoms with Crippen molar-refractivity contribution in [1.29, 1.82) is 0 Å². The van der Waals surface area contributed by atoms with E-state index in [0.717, 1.165) is 9.35 Å². The van der Waals surface area contributed by atoms with Gasteiger partial charge in [0.2, 0.25) is 0 Å². The third-order valence-electron chi connectivity index (χ3n) is 1.87. The second-order valence-corrected chi connectivity index (χ2v) is 4.97. The van der Waals surface area contributed by atoms with E-state index in [1.54, 1.807) is 11.3 Å². The molecule has 0 aliphatic carbocycles. The van der Waals surface area contributed by atoms with Crippen molar-refractivity contribution in [3.8, 4) is 0 Å². The summed E-state index contributed by atoms with van der Waals surface area (Å²) in [5.41, 5.74) is 0. The molecule has 1 aliphatic heterocycles. The van der Waals surface area contributed by atoms with Gasteiger partial charge in [0.15, 0.2) is 6.10 Å². The van der Waals surface area contributed by atoms with Gasteiger partial charge in [-0.15, -0.1) is 11.3 Å². The quantitative estimate of drug-likeness (QED) is 0.844. The molecule has 3 nitrogen and oxygen atoms in total. The van der Waals surface area contributed by atoms with Gasteiger partial charge in [-0.3, -0.25) is 0 Å². The van der Waals surface area contributed by atoms with E-state index >= 15 is 0 Å². The van der Waals surface area contributed by atoms with E-state index in [1.165, 1.54) is 4.88 Å². The number of hydrogen-bond donors (Lipinski definition) is 1. The number of thiophene rings is 1. The summed E-state index contributed by atoms with van der Waals surface area (Å²) in [6.45, 7) is 2.60. The highest BCUT2D eigenvalue weighted by Crippen LogP contribution is 2.33. The summed E-state index contributed by atoms with van der Waals surface area (Å²) in [6, 6.07) is 2.00. The van der Waals surface area contributed by atoms with E-state index in [9.17, 15) is 4.79 Å². The van der Waals surface area contributed by atoms with Crippen LogP contribution in [0.4, 0.5) is 4.79 Å². The van der Waals surface area contributed by atoms with Crippen molar-refractivity contribution in [2.45, 2.75) is 13.0 Å². The fourth-order valence-electron chi connectivity index (χ4n) is 1.19. The Kier molecular flexibility index (Phi) is 2.29. The molecule has 0 saturated carbocycles. The largest absolute Gasteiger partial charge is 0.439 e. The molecular weight excluding hydrogens is 254 g/mol. The summed E-state index contributed by atoms with van der Waals surface area (Å²) in [5, 5.41) is 2.63. The molecule has 0 aromatic carbocycles. The van der Waals surface area contributed by atoms with Crippen LogP contribution in [-0.4, -0.2) is 12.6 Å². The van der Waals surface area contributed by atoms with Gasteiger partial charge in [-0.1, -0.05) is 0 Å². The summed E-state index contributed by atoms with van der Waals surface area (Å²) < 4.78 is 6.13. The highest BCUT2D eigenvalue weighted by Gasteiger charge is 2.25. The molecule has 1 atom stereocenters. The summed E-state index contributed by atoms with van der Waals surface area (Å²) in [6.07, 6.45) is -0.435. The van der Waals surface area contributed by atoms with E-state index in [0.29, 0.717) is 6.54 Å². The van der Waals surface area contributed by atoms with E-state index in [2.05, 4.69) is 21.2 Å². The highest BCUT2D eigenvalue weighted by atomic mass is 79.9. The van der Waals surface area contributed by atoms with Gasteiger partial charge in [-0.2, -0.15) is 0 Å². The molecule has 5 heteroatoms. The van der Waals surface area contributed by atoms with Crippen molar-refractivity contribution < 1.29 is 9.53 Å². The number of cyclic esters (lactones) is 1. The lowest BCUT2D eigenvalue weighted by atomic mass is 10.3. The zero-order chi connectivity index (χ0) is 9.42.